The molecule has 5 heteroatoms. The van der Waals surface area contributed by atoms with Crippen LogP contribution in [0.4, 0.5) is 0 Å². The van der Waals surface area contributed by atoms with Gasteiger partial charge in [0.05, 0.1) is 12.3 Å². The van der Waals surface area contributed by atoms with E-state index in [2.05, 4.69) is 5.32 Å². The van der Waals surface area contributed by atoms with Gasteiger partial charge >= 0.3 is 0 Å². The van der Waals surface area contributed by atoms with Crippen molar-refractivity contribution in [1.29, 1.82) is 0 Å². The summed E-state index contributed by atoms with van der Waals surface area (Å²) in [5.74, 6) is 0.352. The SMILES string of the molecule is Cc1ccc(SCC(=O)N2CCCNC(=O)C2)cc1. The van der Waals surface area contributed by atoms with Gasteiger partial charge in [-0.3, -0.25) is 9.59 Å². The maximum absolute atomic E-state index is 12.1. The van der Waals surface area contributed by atoms with Gasteiger partial charge in [-0.2, -0.15) is 0 Å². The fourth-order valence-corrected chi connectivity index (χ4v) is 2.69. The van der Waals surface area contributed by atoms with Crippen molar-refractivity contribution >= 4 is 23.6 Å². The summed E-state index contributed by atoms with van der Waals surface area (Å²) in [6.45, 7) is 3.54. The molecule has 0 aliphatic carbocycles. The number of thioether (sulfide) groups is 1. The summed E-state index contributed by atoms with van der Waals surface area (Å²) in [4.78, 5) is 26.2. The molecule has 0 saturated carbocycles. The molecular formula is C14H18N2O2S. The lowest BCUT2D eigenvalue weighted by molar-refractivity contribution is -0.133. The van der Waals surface area contributed by atoms with Gasteiger partial charge in [0, 0.05) is 18.0 Å². The van der Waals surface area contributed by atoms with E-state index in [1.165, 1.54) is 17.3 Å². The first kappa shape index (κ1) is 13.9. The summed E-state index contributed by atoms with van der Waals surface area (Å²) in [7, 11) is 0. The standard InChI is InChI=1S/C14H18N2O2S/c1-11-3-5-12(6-4-11)19-10-14(18)16-8-2-7-15-13(17)9-16/h3-6H,2,7-10H2,1H3,(H,15,17). The molecule has 0 atom stereocenters. The summed E-state index contributed by atoms with van der Waals surface area (Å²) in [6.07, 6.45) is 0.826. The Labute approximate surface area is 117 Å². The van der Waals surface area contributed by atoms with E-state index in [1.54, 1.807) is 4.90 Å². The van der Waals surface area contributed by atoms with E-state index >= 15 is 0 Å². The Morgan fingerprint density at radius 1 is 1.37 bits per heavy atom. The Morgan fingerprint density at radius 2 is 2.11 bits per heavy atom. The van der Waals surface area contributed by atoms with Gasteiger partial charge in [-0.05, 0) is 25.5 Å². The lowest BCUT2D eigenvalue weighted by atomic mass is 10.2. The van der Waals surface area contributed by atoms with Gasteiger partial charge < -0.3 is 10.2 Å². The van der Waals surface area contributed by atoms with Gasteiger partial charge in [-0.1, -0.05) is 17.7 Å². The van der Waals surface area contributed by atoms with Gasteiger partial charge in [0.25, 0.3) is 0 Å². The highest BCUT2D eigenvalue weighted by Crippen LogP contribution is 2.18. The Balaban J connectivity index is 1.86. The monoisotopic (exact) mass is 278 g/mol. The zero-order valence-electron chi connectivity index (χ0n) is 11.0. The molecule has 2 amide bonds. The minimum absolute atomic E-state index is 0.0302. The van der Waals surface area contributed by atoms with Crippen LogP contribution in [0.25, 0.3) is 0 Å². The maximum Gasteiger partial charge on any atom is 0.239 e. The van der Waals surface area contributed by atoms with Gasteiger partial charge in [0.15, 0.2) is 0 Å². The first-order chi connectivity index (χ1) is 9.15. The van der Waals surface area contributed by atoms with Crippen LogP contribution >= 0.6 is 11.8 Å². The van der Waals surface area contributed by atoms with Crippen LogP contribution in [-0.4, -0.2) is 42.1 Å². The zero-order chi connectivity index (χ0) is 13.7. The summed E-state index contributed by atoms with van der Waals surface area (Å²) in [6, 6.07) is 8.10. The van der Waals surface area contributed by atoms with Gasteiger partial charge in [0.1, 0.15) is 0 Å². The molecule has 0 spiro atoms. The third-order valence-electron chi connectivity index (χ3n) is 3.00. The first-order valence-corrected chi connectivity index (χ1v) is 7.37. The molecule has 19 heavy (non-hydrogen) atoms. The van der Waals surface area contributed by atoms with Crippen molar-refractivity contribution in [2.24, 2.45) is 0 Å². The van der Waals surface area contributed by atoms with E-state index < -0.39 is 0 Å². The number of carbonyl (C=O) groups is 2. The molecular weight excluding hydrogens is 260 g/mol. The molecule has 0 bridgehead atoms. The average Bonchev–Trinajstić information content (AvgIpc) is 2.62. The van der Waals surface area contributed by atoms with E-state index in [1.807, 2.05) is 31.2 Å². The lowest BCUT2D eigenvalue weighted by Gasteiger charge is -2.18. The molecule has 1 aromatic rings. The summed E-state index contributed by atoms with van der Waals surface area (Å²) < 4.78 is 0. The highest BCUT2D eigenvalue weighted by Gasteiger charge is 2.19. The van der Waals surface area contributed by atoms with Crippen LogP contribution in [-0.2, 0) is 9.59 Å². The predicted octanol–water partition coefficient (Wildman–Crippen LogP) is 1.44. The number of aryl methyl sites for hydroxylation is 1. The normalized spacial score (nSPS) is 15.8. The van der Waals surface area contributed by atoms with Crippen molar-refractivity contribution < 1.29 is 9.59 Å². The number of benzene rings is 1. The van der Waals surface area contributed by atoms with E-state index in [0.717, 1.165) is 11.3 Å². The Kier molecular flexibility index (Phi) is 4.85. The van der Waals surface area contributed by atoms with Crippen LogP contribution in [0.2, 0.25) is 0 Å². The van der Waals surface area contributed by atoms with Crippen LogP contribution in [0.5, 0.6) is 0 Å². The molecule has 102 valence electrons. The largest absolute Gasteiger partial charge is 0.354 e. The number of rotatable bonds is 3. The van der Waals surface area contributed by atoms with Crippen LogP contribution in [0.3, 0.4) is 0 Å². The number of carbonyl (C=O) groups excluding carboxylic acids is 2. The molecule has 1 N–H and O–H groups in total. The minimum Gasteiger partial charge on any atom is -0.354 e. The third-order valence-corrected chi connectivity index (χ3v) is 3.99. The maximum atomic E-state index is 12.1. The Bertz CT molecular complexity index is 459. The zero-order valence-corrected chi connectivity index (χ0v) is 11.8. The number of nitrogens with zero attached hydrogens (tertiary/aromatic N) is 1. The second-order valence-electron chi connectivity index (χ2n) is 4.62. The van der Waals surface area contributed by atoms with E-state index in [4.69, 9.17) is 0 Å². The lowest BCUT2D eigenvalue weighted by Crippen LogP contribution is -2.38. The average molecular weight is 278 g/mol. The molecule has 1 saturated heterocycles. The van der Waals surface area contributed by atoms with Crippen LogP contribution in [0.1, 0.15) is 12.0 Å². The molecule has 0 unspecified atom stereocenters. The van der Waals surface area contributed by atoms with E-state index in [-0.39, 0.29) is 18.4 Å². The van der Waals surface area contributed by atoms with Gasteiger partial charge in [-0.25, -0.2) is 0 Å². The molecule has 0 aromatic heterocycles. The highest BCUT2D eigenvalue weighted by molar-refractivity contribution is 8.00. The van der Waals surface area contributed by atoms with Crippen molar-refractivity contribution in [3.05, 3.63) is 29.8 Å². The molecule has 1 aliphatic rings. The smallest absolute Gasteiger partial charge is 0.239 e. The minimum atomic E-state index is -0.0637. The molecule has 1 heterocycles. The quantitative estimate of drug-likeness (QED) is 0.851. The second-order valence-corrected chi connectivity index (χ2v) is 5.67. The summed E-state index contributed by atoms with van der Waals surface area (Å²) >= 11 is 1.52. The highest BCUT2D eigenvalue weighted by atomic mass is 32.2. The molecule has 0 radical (unpaired) electrons. The summed E-state index contributed by atoms with van der Waals surface area (Å²) in [5, 5.41) is 2.77. The van der Waals surface area contributed by atoms with Crippen molar-refractivity contribution in [3.63, 3.8) is 0 Å². The Hall–Kier alpha value is -1.49. The number of nitrogens with one attached hydrogen (secondary N) is 1. The van der Waals surface area contributed by atoms with Crippen molar-refractivity contribution in [2.75, 3.05) is 25.4 Å². The van der Waals surface area contributed by atoms with E-state index in [9.17, 15) is 9.59 Å². The second kappa shape index (κ2) is 6.61. The fraction of sp³-hybridized carbons (Fsp3) is 0.429. The van der Waals surface area contributed by atoms with Gasteiger partial charge in [-0.15, -0.1) is 11.8 Å². The topological polar surface area (TPSA) is 49.4 Å². The molecule has 1 aliphatic heterocycles. The number of hydrogen-bond acceptors (Lipinski definition) is 3. The number of hydrogen-bond donors (Lipinski definition) is 1. The third kappa shape index (κ3) is 4.28. The Morgan fingerprint density at radius 3 is 2.84 bits per heavy atom. The predicted molar refractivity (Wildman–Crippen MR) is 76.1 cm³/mol. The van der Waals surface area contributed by atoms with Crippen molar-refractivity contribution in [1.82, 2.24) is 10.2 Å². The van der Waals surface area contributed by atoms with Crippen LogP contribution < -0.4 is 5.32 Å². The van der Waals surface area contributed by atoms with E-state index in [0.29, 0.717) is 18.8 Å². The summed E-state index contributed by atoms with van der Waals surface area (Å²) in [5.41, 5.74) is 1.21. The van der Waals surface area contributed by atoms with Crippen molar-refractivity contribution in [3.8, 4) is 0 Å². The fourth-order valence-electron chi connectivity index (χ4n) is 1.89. The molecule has 4 nitrogen and oxygen atoms in total. The van der Waals surface area contributed by atoms with Gasteiger partial charge in [0.2, 0.25) is 11.8 Å². The first-order valence-electron chi connectivity index (χ1n) is 6.39. The van der Waals surface area contributed by atoms with Crippen LogP contribution in [0.15, 0.2) is 29.2 Å². The number of amides is 2. The van der Waals surface area contributed by atoms with Crippen LogP contribution in [0, 0.1) is 6.92 Å². The van der Waals surface area contributed by atoms with Crippen molar-refractivity contribution in [2.45, 2.75) is 18.2 Å². The molecule has 2 rings (SSSR count). The molecule has 1 fully saturated rings. The molecule has 1 aromatic carbocycles.